The highest BCUT2D eigenvalue weighted by Crippen LogP contribution is 1.95. The fourth-order valence-corrected chi connectivity index (χ4v) is 0.888. The minimum absolute atomic E-state index is 0.291. The summed E-state index contributed by atoms with van der Waals surface area (Å²) in [5.41, 5.74) is 3.23. The number of hydrogen-bond donors (Lipinski definition) is 0. The van der Waals surface area contributed by atoms with Crippen LogP contribution in [0, 0.1) is 17.4 Å². The first-order valence-corrected chi connectivity index (χ1v) is 5.92. The van der Waals surface area contributed by atoms with Crippen LogP contribution < -0.4 is 0 Å². The predicted octanol–water partition coefficient (Wildman–Crippen LogP) is 2.33. The smallest absolute Gasteiger partial charge is 0.134 e. The van der Waals surface area contributed by atoms with Crippen molar-refractivity contribution in [3.8, 4) is 11.5 Å². The zero-order valence-electron chi connectivity index (χ0n) is 6.78. The Morgan fingerprint density at radius 2 is 1.89 bits per heavy atom. The van der Waals surface area contributed by atoms with Crippen LogP contribution in [-0.2, 0) is 0 Å². The van der Waals surface area contributed by atoms with E-state index in [2.05, 4.69) is 38.4 Å². The first kappa shape index (κ1) is 8.78. The van der Waals surface area contributed by atoms with Crippen LogP contribution in [0.2, 0.25) is 13.1 Å². The number of hydrogen-bond acceptors (Lipinski definition) is 0. The molecule has 0 nitrogen and oxygen atoms in total. The fraction of sp³-hybridized carbons (Fsp3) is 0.750. The van der Waals surface area contributed by atoms with E-state index in [0.717, 1.165) is 12.3 Å². The van der Waals surface area contributed by atoms with Gasteiger partial charge in [-0.2, -0.15) is 0 Å². The highest BCUT2D eigenvalue weighted by Gasteiger charge is 1.88. The second-order valence-corrected chi connectivity index (χ2v) is 5.15. The summed E-state index contributed by atoms with van der Waals surface area (Å²) >= 11 is 0. The maximum atomic E-state index is 3.23. The summed E-state index contributed by atoms with van der Waals surface area (Å²) in [6.45, 7) is 8.84. The summed E-state index contributed by atoms with van der Waals surface area (Å²) in [6.07, 6.45) is 1.07. The van der Waals surface area contributed by atoms with Gasteiger partial charge in [-0.3, -0.25) is 0 Å². The van der Waals surface area contributed by atoms with Gasteiger partial charge in [0.2, 0.25) is 0 Å². The summed E-state index contributed by atoms with van der Waals surface area (Å²) in [4.78, 5) is 0. The Labute approximate surface area is 60.3 Å². The Balaban J connectivity index is 3.38. The lowest BCUT2D eigenvalue weighted by Crippen LogP contribution is -1.93. The van der Waals surface area contributed by atoms with Crippen LogP contribution in [0.1, 0.15) is 20.3 Å². The van der Waals surface area contributed by atoms with E-state index >= 15 is 0 Å². The molecule has 51 valence electrons. The van der Waals surface area contributed by atoms with E-state index in [0.29, 0.717) is 0 Å². The normalized spacial score (nSPS) is 9.56. The van der Waals surface area contributed by atoms with Crippen molar-refractivity contribution in [2.75, 3.05) is 0 Å². The Morgan fingerprint density at radius 3 is 2.22 bits per heavy atom. The predicted molar refractivity (Wildman–Crippen MR) is 44.7 cm³/mol. The molecule has 0 aliphatic rings. The molecule has 0 aliphatic heterocycles. The Hall–Kier alpha value is -0.223. The topological polar surface area (TPSA) is 0 Å². The van der Waals surface area contributed by atoms with Crippen LogP contribution in [-0.4, -0.2) is 8.80 Å². The van der Waals surface area contributed by atoms with E-state index in [-0.39, 0.29) is 8.80 Å². The third-order valence-corrected chi connectivity index (χ3v) is 1.53. The van der Waals surface area contributed by atoms with E-state index in [9.17, 15) is 0 Å². The summed E-state index contributed by atoms with van der Waals surface area (Å²) < 4.78 is 0. The van der Waals surface area contributed by atoms with Crippen molar-refractivity contribution in [1.29, 1.82) is 0 Å². The van der Waals surface area contributed by atoms with Gasteiger partial charge in [0.25, 0.3) is 0 Å². The maximum absolute atomic E-state index is 3.23. The highest BCUT2D eigenvalue weighted by molar-refractivity contribution is 6.64. The van der Waals surface area contributed by atoms with Crippen LogP contribution in [0.15, 0.2) is 0 Å². The lowest BCUT2D eigenvalue weighted by molar-refractivity contribution is 0.676. The molecule has 0 rings (SSSR count). The van der Waals surface area contributed by atoms with E-state index in [4.69, 9.17) is 0 Å². The Morgan fingerprint density at radius 1 is 1.33 bits per heavy atom. The Bertz CT molecular complexity index is 114. The van der Waals surface area contributed by atoms with Gasteiger partial charge < -0.3 is 0 Å². The van der Waals surface area contributed by atoms with Crippen LogP contribution in [0.4, 0.5) is 0 Å². The third kappa shape index (κ3) is 7.78. The first-order chi connectivity index (χ1) is 4.13. The second-order valence-electron chi connectivity index (χ2n) is 2.90. The summed E-state index contributed by atoms with van der Waals surface area (Å²) in [5, 5.41) is 0. The zero-order chi connectivity index (χ0) is 7.28. The summed E-state index contributed by atoms with van der Waals surface area (Å²) in [5.74, 6) is 3.91. The first-order valence-electron chi connectivity index (χ1n) is 3.42. The molecular weight excluding hydrogens is 124 g/mol. The quantitative estimate of drug-likeness (QED) is 0.386. The highest BCUT2D eigenvalue weighted by atomic mass is 28.3. The Kier molecular flexibility index (Phi) is 4.52. The van der Waals surface area contributed by atoms with Crippen molar-refractivity contribution in [2.24, 2.45) is 5.92 Å². The fourth-order valence-electron chi connectivity index (χ4n) is 0.432. The van der Waals surface area contributed by atoms with Crippen LogP contribution in [0.25, 0.3) is 0 Å². The maximum Gasteiger partial charge on any atom is 0.138 e. The molecule has 0 atom stereocenters. The van der Waals surface area contributed by atoms with Gasteiger partial charge in [0.05, 0.1) is 0 Å². The molecule has 0 saturated carbocycles. The SMILES string of the molecule is CC(C)CC#C[Si](C)C. The molecule has 0 spiro atoms. The van der Waals surface area contributed by atoms with Gasteiger partial charge in [0.1, 0.15) is 8.80 Å². The van der Waals surface area contributed by atoms with Crippen molar-refractivity contribution in [1.82, 2.24) is 0 Å². The molecule has 0 aromatic heterocycles. The molecule has 0 amide bonds. The van der Waals surface area contributed by atoms with E-state index in [1.54, 1.807) is 0 Å². The molecule has 0 aliphatic carbocycles. The van der Waals surface area contributed by atoms with Gasteiger partial charge in [-0.05, 0) is 5.92 Å². The van der Waals surface area contributed by atoms with Crippen molar-refractivity contribution in [3.05, 3.63) is 0 Å². The molecule has 0 N–H and O–H groups in total. The van der Waals surface area contributed by atoms with Crippen molar-refractivity contribution < 1.29 is 0 Å². The minimum Gasteiger partial charge on any atom is -0.134 e. The molecule has 0 heterocycles. The van der Waals surface area contributed by atoms with Crippen LogP contribution in [0.5, 0.6) is 0 Å². The second kappa shape index (κ2) is 4.64. The molecule has 0 saturated heterocycles. The van der Waals surface area contributed by atoms with Gasteiger partial charge >= 0.3 is 0 Å². The summed E-state index contributed by atoms with van der Waals surface area (Å²) in [7, 11) is -0.291. The molecule has 0 fully saturated rings. The molecule has 9 heavy (non-hydrogen) atoms. The lowest BCUT2D eigenvalue weighted by Gasteiger charge is -1.93. The van der Waals surface area contributed by atoms with E-state index in [1.165, 1.54) is 0 Å². The molecule has 0 bridgehead atoms. The van der Waals surface area contributed by atoms with Gasteiger partial charge in [-0.15, -0.1) is 11.5 Å². The van der Waals surface area contributed by atoms with Gasteiger partial charge in [-0.1, -0.05) is 26.9 Å². The van der Waals surface area contributed by atoms with Gasteiger partial charge in [0, 0.05) is 6.42 Å². The van der Waals surface area contributed by atoms with Crippen LogP contribution in [0.3, 0.4) is 0 Å². The zero-order valence-corrected chi connectivity index (χ0v) is 7.78. The van der Waals surface area contributed by atoms with Gasteiger partial charge in [-0.25, -0.2) is 0 Å². The molecule has 0 aromatic rings. The van der Waals surface area contributed by atoms with Crippen molar-refractivity contribution in [2.45, 2.75) is 33.4 Å². The molecule has 1 radical (unpaired) electrons. The molecular formula is C8H15Si. The monoisotopic (exact) mass is 139 g/mol. The molecule has 0 unspecified atom stereocenters. The summed E-state index contributed by atoms with van der Waals surface area (Å²) in [6, 6.07) is 0. The number of rotatable bonds is 1. The van der Waals surface area contributed by atoms with E-state index in [1.807, 2.05) is 0 Å². The lowest BCUT2D eigenvalue weighted by atomic mass is 10.1. The molecule has 0 aromatic carbocycles. The standard InChI is InChI=1S/C8H15Si/c1-8(2)6-5-7-9(3)4/h8H,6H2,1-4H3. The molecule has 1 heteroatoms. The van der Waals surface area contributed by atoms with Crippen molar-refractivity contribution in [3.63, 3.8) is 0 Å². The van der Waals surface area contributed by atoms with Crippen LogP contribution >= 0.6 is 0 Å². The average Bonchev–Trinajstić information content (AvgIpc) is 1.63. The minimum atomic E-state index is -0.291. The third-order valence-electron chi connectivity index (χ3n) is 0.849. The largest absolute Gasteiger partial charge is 0.138 e. The van der Waals surface area contributed by atoms with Gasteiger partial charge in [0.15, 0.2) is 0 Å². The average molecular weight is 139 g/mol. The van der Waals surface area contributed by atoms with E-state index < -0.39 is 0 Å². The van der Waals surface area contributed by atoms with Crippen molar-refractivity contribution >= 4 is 8.80 Å².